The van der Waals surface area contributed by atoms with E-state index in [4.69, 9.17) is 9.15 Å². The third-order valence-corrected chi connectivity index (χ3v) is 5.39. The van der Waals surface area contributed by atoms with Crippen LogP contribution in [0.3, 0.4) is 0 Å². The molecule has 11 heteroatoms. The average Bonchev–Trinajstić information content (AvgIpc) is 2.79. The number of nitrogens with one attached hydrogen (secondary N) is 2. The molecule has 0 spiro atoms. The molecule has 0 saturated heterocycles. The largest absolute Gasteiger partial charge is 0.436 e. The quantitative estimate of drug-likeness (QED) is 0.386. The zero-order chi connectivity index (χ0) is 23.5. The lowest BCUT2D eigenvalue weighted by atomic mass is 10.1. The molecule has 8 nitrogen and oxygen atoms in total. The van der Waals surface area contributed by atoms with Gasteiger partial charge < -0.3 is 13.9 Å². The number of fused-ring (bicyclic) bond motifs is 1. The second-order valence-corrected chi connectivity index (χ2v) is 7.70. The van der Waals surface area contributed by atoms with Gasteiger partial charge in [-0.05, 0) is 44.3 Å². The number of rotatable bonds is 7. The van der Waals surface area contributed by atoms with Crippen molar-refractivity contribution in [1.82, 2.24) is 14.3 Å². The lowest BCUT2D eigenvalue weighted by molar-refractivity contribution is 0.416. The standard InChI is InChI=1S/C22H18F2N4O4S/c1-12(14-5-3-7-17(19(14)24)27-33-25-2)28-21(29)15-9-8-13(11-18(15)32-22(28)30)31-20-16(23)6-4-10-26-20/h3-12,25,27H,1-2H3. The van der Waals surface area contributed by atoms with Gasteiger partial charge in [-0.15, -0.1) is 0 Å². The van der Waals surface area contributed by atoms with E-state index in [-0.39, 0.29) is 33.8 Å². The zero-order valence-corrected chi connectivity index (χ0v) is 18.3. The van der Waals surface area contributed by atoms with Crippen molar-refractivity contribution in [3.05, 3.63) is 92.8 Å². The van der Waals surface area contributed by atoms with E-state index in [1.807, 2.05) is 0 Å². The maximum absolute atomic E-state index is 15.0. The Balaban J connectivity index is 1.73. The molecule has 2 heterocycles. The van der Waals surface area contributed by atoms with E-state index in [9.17, 15) is 18.4 Å². The van der Waals surface area contributed by atoms with Gasteiger partial charge in [0.05, 0.1) is 17.1 Å². The van der Waals surface area contributed by atoms with E-state index in [1.54, 1.807) is 13.1 Å². The Labute approximate surface area is 190 Å². The van der Waals surface area contributed by atoms with Crippen molar-refractivity contribution in [2.24, 2.45) is 0 Å². The van der Waals surface area contributed by atoms with Gasteiger partial charge in [0.25, 0.3) is 11.4 Å². The molecule has 0 aliphatic heterocycles. The van der Waals surface area contributed by atoms with Gasteiger partial charge in [0.1, 0.15) is 11.3 Å². The summed E-state index contributed by atoms with van der Waals surface area (Å²) < 4.78 is 45.9. The number of ether oxygens (including phenoxy) is 1. The SMILES string of the molecule is CNSNc1cccc(C(C)n2c(=O)oc3cc(Oc4ncccc4F)ccc3c2=O)c1F. The predicted octanol–water partition coefficient (Wildman–Crippen LogP) is 4.22. The van der Waals surface area contributed by atoms with Crippen molar-refractivity contribution in [1.29, 1.82) is 0 Å². The highest BCUT2D eigenvalue weighted by molar-refractivity contribution is 7.98. The normalized spacial score (nSPS) is 12.0. The number of hydrogen-bond acceptors (Lipinski definition) is 8. The molecule has 0 aliphatic rings. The van der Waals surface area contributed by atoms with E-state index in [0.717, 1.165) is 16.7 Å². The van der Waals surface area contributed by atoms with Crippen LogP contribution in [0.15, 0.2) is 68.7 Å². The highest BCUT2D eigenvalue weighted by Gasteiger charge is 2.21. The Hall–Kier alpha value is -3.70. The van der Waals surface area contributed by atoms with Crippen molar-refractivity contribution < 1.29 is 17.9 Å². The van der Waals surface area contributed by atoms with Crippen LogP contribution in [-0.4, -0.2) is 16.6 Å². The summed E-state index contributed by atoms with van der Waals surface area (Å²) in [7, 11) is 1.67. The lowest BCUT2D eigenvalue weighted by Gasteiger charge is -2.17. The molecule has 1 atom stereocenters. The Morgan fingerprint density at radius 1 is 1.15 bits per heavy atom. The van der Waals surface area contributed by atoms with Crippen molar-refractivity contribution in [2.45, 2.75) is 13.0 Å². The number of pyridine rings is 1. The monoisotopic (exact) mass is 472 g/mol. The first-order valence-corrected chi connectivity index (χ1v) is 10.6. The molecule has 1 unspecified atom stereocenters. The summed E-state index contributed by atoms with van der Waals surface area (Å²) in [5.74, 6) is -2.37. The average molecular weight is 472 g/mol. The van der Waals surface area contributed by atoms with Gasteiger partial charge in [-0.2, -0.15) is 0 Å². The summed E-state index contributed by atoms with van der Waals surface area (Å²) in [5.41, 5.74) is -0.383. The van der Waals surface area contributed by atoms with E-state index < -0.39 is 29.0 Å². The van der Waals surface area contributed by atoms with Crippen molar-refractivity contribution in [2.75, 3.05) is 11.8 Å². The molecule has 33 heavy (non-hydrogen) atoms. The van der Waals surface area contributed by atoms with Crippen LogP contribution in [0, 0.1) is 11.6 Å². The van der Waals surface area contributed by atoms with Gasteiger partial charge in [0.2, 0.25) is 0 Å². The number of hydrogen-bond donors (Lipinski definition) is 2. The second kappa shape index (κ2) is 9.43. The molecule has 170 valence electrons. The molecule has 2 aromatic heterocycles. The molecule has 0 bridgehead atoms. The minimum Gasteiger partial charge on any atom is -0.436 e. The van der Waals surface area contributed by atoms with Gasteiger partial charge in [0, 0.05) is 30.0 Å². The summed E-state index contributed by atoms with van der Waals surface area (Å²) >= 11 is 1.07. The third-order valence-electron chi connectivity index (χ3n) is 4.86. The Bertz CT molecular complexity index is 1440. The smallest absolute Gasteiger partial charge is 0.422 e. The summed E-state index contributed by atoms with van der Waals surface area (Å²) in [5, 5.41) is 0.0794. The fraction of sp³-hybridized carbons (Fsp3) is 0.136. The van der Waals surface area contributed by atoms with Crippen LogP contribution in [0.4, 0.5) is 14.5 Å². The number of nitrogens with zero attached hydrogens (tertiary/aromatic N) is 2. The molecular weight excluding hydrogens is 454 g/mol. The third kappa shape index (κ3) is 4.45. The Morgan fingerprint density at radius 2 is 1.97 bits per heavy atom. The van der Waals surface area contributed by atoms with Crippen LogP contribution in [0.2, 0.25) is 0 Å². The Morgan fingerprint density at radius 3 is 2.73 bits per heavy atom. The zero-order valence-electron chi connectivity index (χ0n) is 17.5. The first-order valence-electron chi connectivity index (χ1n) is 9.75. The van der Waals surface area contributed by atoms with Crippen molar-refractivity contribution in [3.8, 4) is 11.6 Å². The first kappa shape index (κ1) is 22.5. The van der Waals surface area contributed by atoms with Gasteiger partial charge in [-0.1, -0.05) is 12.1 Å². The minimum atomic E-state index is -0.969. The topological polar surface area (TPSA) is 98.4 Å². The number of halogens is 2. The molecule has 0 fully saturated rings. The van der Waals surface area contributed by atoms with Crippen molar-refractivity contribution in [3.63, 3.8) is 0 Å². The second-order valence-electron chi connectivity index (χ2n) is 6.89. The molecule has 4 aromatic rings. The predicted molar refractivity (Wildman–Crippen MR) is 121 cm³/mol. The maximum Gasteiger partial charge on any atom is 0.422 e. The summed E-state index contributed by atoms with van der Waals surface area (Å²) in [4.78, 5) is 29.6. The molecular formula is C22H18F2N4O4S. The molecule has 0 saturated carbocycles. The first-order chi connectivity index (χ1) is 15.9. The van der Waals surface area contributed by atoms with Gasteiger partial charge in [-0.3, -0.25) is 4.79 Å². The highest BCUT2D eigenvalue weighted by Crippen LogP contribution is 2.27. The van der Waals surface area contributed by atoms with Crippen LogP contribution in [-0.2, 0) is 0 Å². The molecule has 0 amide bonds. The van der Waals surface area contributed by atoms with Gasteiger partial charge in [0.15, 0.2) is 11.6 Å². The molecule has 0 radical (unpaired) electrons. The number of benzene rings is 2. The fourth-order valence-corrected chi connectivity index (χ4v) is 3.64. The Kier molecular flexibility index (Phi) is 6.43. The molecule has 4 rings (SSSR count). The maximum atomic E-state index is 15.0. The van der Waals surface area contributed by atoms with Crippen LogP contribution in [0.25, 0.3) is 11.0 Å². The molecule has 2 aromatic carbocycles. The lowest BCUT2D eigenvalue weighted by Crippen LogP contribution is -2.35. The molecule has 0 aliphatic carbocycles. The number of anilines is 1. The highest BCUT2D eigenvalue weighted by atomic mass is 32.2. The van der Waals surface area contributed by atoms with Gasteiger partial charge in [-0.25, -0.2) is 27.8 Å². The molecule has 2 N–H and O–H groups in total. The van der Waals surface area contributed by atoms with Crippen molar-refractivity contribution >= 4 is 28.8 Å². The summed E-state index contributed by atoms with van der Waals surface area (Å²) in [6, 6.07) is 10.4. The van der Waals surface area contributed by atoms with E-state index in [1.165, 1.54) is 55.6 Å². The summed E-state index contributed by atoms with van der Waals surface area (Å²) in [6.45, 7) is 1.53. The fourth-order valence-electron chi connectivity index (χ4n) is 3.27. The minimum absolute atomic E-state index is 0.0522. The summed E-state index contributed by atoms with van der Waals surface area (Å²) in [6.07, 6.45) is 1.36. The van der Waals surface area contributed by atoms with E-state index >= 15 is 0 Å². The van der Waals surface area contributed by atoms with Crippen LogP contribution in [0.5, 0.6) is 11.6 Å². The van der Waals surface area contributed by atoms with Crippen LogP contribution in [0.1, 0.15) is 18.5 Å². The van der Waals surface area contributed by atoms with E-state index in [2.05, 4.69) is 14.4 Å². The van der Waals surface area contributed by atoms with Crippen LogP contribution < -0.4 is 25.5 Å². The number of aromatic nitrogens is 2. The van der Waals surface area contributed by atoms with Crippen LogP contribution >= 0.6 is 12.1 Å². The van der Waals surface area contributed by atoms with Gasteiger partial charge >= 0.3 is 5.76 Å². The van der Waals surface area contributed by atoms with E-state index in [0.29, 0.717) is 0 Å².